The van der Waals surface area contributed by atoms with E-state index in [0.717, 1.165) is 34.5 Å². The largest absolute Gasteiger partial charge is 0.438 e. The third kappa shape index (κ3) is 4.69. The Bertz CT molecular complexity index is 1070. The van der Waals surface area contributed by atoms with Crippen molar-refractivity contribution in [3.05, 3.63) is 70.9 Å². The van der Waals surface area contributed by atoms with Gasteiger partial charge in [-0.15, -0.1) is 0 Å². The molecular weight excluding hydrogens is 362 g/mol. The highest BCUT2D eigenvalue weighted by molar-refractivity contribution is 5.58. The number of aromatic nitrogens is 2. The first-order valence-electron chi connectivity index (χ1n) is 9.23. The number of anilines is 2. The number of nitriles is 2. The molecule has 2 aromatic carbocycles. The number of nitrogens with zero attached hydrogens (tertiary/aromatic N) is 5. The van der Waals surface area contributed by atoms with E-state index >= 15 is 0 Å². The van der Waals surface area contributed by atoms with Gasteiger partial charge in [-0.1, -0.05) is 12.1 Å². The fourth-order valence-electron chi connectivity index (χ4n) is 3.08. The third-order valence-electron chi connectivity index (χ3n) is 4.55. The van der Waals surface area contributed by atoms with Crippen LogP contribution in [0.2, 0.25) is 0 Å². The quantitative estimate of drug-likeness (QED) is 0.596. The molecule has 29 heavy (non-hydrogen) atoms. The van der Waals surface area contributed by atoms with Crippen molar-refractivity contribution in [2.45, 2.75) is 26.7 Å². The van der Waals surface area contributed by atoms with Crippen molar-refractivity contribution in [3.8, 4) is 23.8 Å². The Kier molecular flexibility index (Phi) is 6.06. The maximum atomic E-state index is 8.95. The van der Waals surface area contributed by atoms with E-state index in [2.05, 4.69) is 22.1 Å². The molecule has 0 radical (unpaired) electrons. The lowest BCUT2D eigenvalue weighted by Gasteiger charge is -2.18. The third-order valence-corrected chi connectivity index (χ3v) is 4.55. The number of ether oxygens (including phenoxy) is 1. The summed E-state index contributed by atoms with van der Waals surface area (Å²) in [7, 11) is 1.86. The fraction of sp³-hybridized carbons (Fsp3) is 0.217. The Morgan fingerprint density at radius 1 is 1.03 bits per heavy atom. The van der Waals surface area contributed by atoms with Crippen molar-refractivity contribution in [2.24, 2.45) is 0 Å². The van der Waals surface area contributed by atoms with Gasteiger partial charge in [0.25, 0.3) is 0 Å². The van der Waals surface area contributed by atoms with Crippen molar-refractivity contribution >= 4 is 11.6 Å². The molecule has 0 bridgehead atoms. The zero-order valence-corrected chi connectivity index (χ0v) is 16.7. The van der Waals surface area contributed by atoms with Crippen LogP contribution < -0.4 is 9.64 Å². The first-order chi connectivity index (χ1) is 14.0. The fourth-order valence-corrected chi connectivity index (χ4v) is 3.08. The van der Waals surface area contributed by atoms with Crippen LogP contribution in [0.1, 0.15) is 28.7 Å². The molecule has 0 atom stereocenters. The van der Waals surface area contributed by atoms with Crippen molar-refractivity contribution < 1.29 is 4.74 Å². The van der Waals surface area contributed by atoms with E-state index in [0.29, 0.717) is 23.8 Å². The first-order valence-corrected chi connectivity index (χ1v) is 9.23. The summed E-state index contributed by atoms with van der Waals surface area (Å²) in [5.74, 6) is 1.70. The Balaban J connectivity index is 1.83. The normalized spacial score (nSPS) is 10.1. The van der Waals surface area contributed by atoms with Crippen molar-refractivity contribution in [1.29, 1.82) is 10.5 Å². The molecule has 0 fully saturated rings. The molecule has 0 saturated carbocycles. The average Bonchev–Trinajstić information content (AvgIpc) is 2.74. The molecule has 3 aromatic rings. The van der Waals surface area contributed by atoms with Gasteiger partial charge >= 0.3 is 0 Å². The molecule has 1 heterocycles. The molecule has 3 rings (SSSR count). The van der Waals surface area contributed by atoms with Crippen molar-refractivity contribution in [3.63, 3.8) is 0 Å². The van der Waals surface area contributed by atoms with Crippen molar-refractivity contribution in [2.75, 3.05) is 11.9 Å². The Labute approximate surface area is 170 Å². The molecule has 0 saturated heterocycles. The van der Waals surface area contributed by atoms with Gasteiger partial charge in [-0.25, -0.2) is 4.98 Å². The highest BCUT2D eigenvalue weighted by atomic mass is 16.5. The van der Waals surface area contributed by atoms with Crippen LogP contribution in [0.25, 0.3) is 0 Å². The van der Waals surface area contributed by atoms with Crippen LogP contribution in [0, 0.1) is 36.5 Å². The standard InChI is InChI=1S/C23H21N5O/c1-16-13-19(5-4-11-24)14-17(2)22(16)29-21-10-12-26-23(27-21)28(3)20-8-6-18(15-25)7-9-20/h6-10,12-14H,4-5H2,1-3H3. The second-order valence-corrected chi connectivity index (χ2v) is 6.73. The molecule has 0 unspecified atom stereocenters. The predicted octanol–water partition coefficient (Wildman–Crippen LogP) is 4.98. The lowest BCUT2D eigenvalue weighted by atomic mass is 10.0. The van der Waals surface area contributed by atoms with Gasteiger partial charge in [-0.2, -0.15) is 15.5 Å². The lowest BCUT2D eigenvalue weighted by Crippen LogP contribution is -2.13. The van der Waals surface area contributed by atoms with Crippen molar-refractivity contribution in [1.82, 2.24) is 9.97 Å². The van der Waals surface area contributed by atoms with Gasteiger partial charge < -0.3 is 9.64 Å². The maximum Gasteiger partial charge on any atom is 0.232 e. The van der Waals surface area contributed by atoms with Crippen LogP contribution in [0.5, 0.6) is 11.6 Å². The minimum absolute atomic E-state index is 0.450. The highest BCUT2D eigenvalue weighted by Crippen LogP contribution is 2.30. The van der Waals surface area contributed by atoms with Crippen LogP contribution in [0.4, 0.5) is 11.6 Å². The topological polar surface area (TPSA) is 85.8 Å². The number of rotatable bonds is 6. The Morgan fingerprint density at radius 3 is 2.34 bits per heavy atom. The summed E-state index contributed by atoms with van der Waals surface area (Å²) in [6, 6.07) is 17.3. The van der Waals surface area contributed by atoms with E-state index < -0.39 is 0 Å². The summed E-state index contributed by atoms with van der Waals surface area (Å²) in [5, 5.41) is 17.7. The molecule has 0 aliphatic rings. The van der Waals surface area contributed by atoms with Crippen LogP contribution in [-0.4, -0.2) is 17.0 Å². The highest BCUT2D eigenvalue weighted by Gasteiger charge is 2.12. The zero-order chi connectivity index (χ0) is 20.8. The maximum absolute atomic E-state index is 8.95. The number of hydrogen-bond donors (Lipinski definition) is 0. The van der Waals surface area contributed by atoms with Crippen LogP contribution >= 0.6 is 0 Å². The van der Waals surface area contributed by atoms with Crippen LogP contribution in [0.15, 0.2) is 48.7 Å². The first kappa shape index (κ1) is 19.9. The molecule has 0 N–H and O–H groups in total. The molecule has 144 valence electrons. The Morgan fingerprint density at radius 2 is 1.72 bits per heavy atom. The summed E-state index contributed by atoms with van der Waals surface area (Å²) >= 11 is 0. The number of benzene rings is 2. The summed E-state index contributed by atoms with van der Waals surface area (Å²) in [5.41, 5.74) is 4.59. The van der Waals surface area contributed by atoms with Gasteiger partial charge in [0.15, 0.2) is 0 Å². The lowest BCUT2D eigenvalue weighted by molar-refractivity contribution is 0.454. The van der Waals surface area contributed by atoms with E-state index in [1.807, 2.05) is 50.1 Å². The van der Waals surface area contributed by atoms with Gasteiger partial charge in [0, 0.05) is 31.4 Å². The smallest absolute Gasteiger partial charge is 0.232 e. The van der Waals surface area contributed by atoms with Crippen LogP contribution in [0.3, 0.4) is 0 Å². The molecule has 0 aliphatic heterocycles. The summed E-state index contributed by atoms with van der Waals surface area (Å²) < 4.78 is 6.08. The molecule has 0 spiro atoms. The van der Waals surface area contributed by atoms with Gasteiger partial charge in [-0.3, -0.25) is 0 Å². The molecule has 1 aromatic heterocycles. The monoisotopic (exact) mass is 383 g/mol. The van der Waals surface area contributed by atoms with Gasteiger partial charge in [0.05, 0.1) is 17.7 Å². The molecule has 6 heteroatoms. The second kappa shape index (κ2) is 8.86. The van der Waals surface area contributed by atoms with Crippen LogP contribution in [-0.2, 0) is 6.42 Å². The average molecular weight is 383 g/mol. The summed E-state index contributed by atoms with van der Waals surface area (Å²) in [4.78, 5) is 10.7. The minimum atomic E-state index is 0.450. The van der Waals surface area contributed by atoms with E-state index in [9.17, 15) is 0 Å². The van der Waals surface area contributed by atoms with Gasteiger partial charge in [0.2, 0.25) is 11.8 Å². The molecule has 0 amide bonds. The molecular formula is C23H21N5O. The summed E-state index contributed by atoms with van der Waals surface area (Å²) in [6.45, 7) is 3.98. The Hall–Kier alpha value is -3.90. The minimum Gasteiger partial charge on any atom is -0.438 e. The van der Waals surface area contributed by atoms with Gasteiger partial charge in [0.1, 0.15) is 5.75 Å². The molecule has 6 nitrogen and oxygen atoms in total. The van der Waals surface area contributed by atoms with E-state index in [-0.39, 0.29) is 0 Å². The van der Waals surface area contributed by atoms with E-state index in [1.54, 1.807) is 24.4 Å². The zero-order valence-electron chi connectivity index (χ0n) is 16.7. The van der Waals surface area contributed by atoms with E-state index in [1.165, 1.54) is 0 Å². The predicted molar refractivity (Wildman–Crippen MR) is 111 cm³/mol. The second-order valence-electron chi connectivity index (χ2n) is 6.73. The molecule has 0 aliphatic carbocycles. The van der Waals surface area contributed by atoms with E-state index in [4.69, 9.17) is 15.3 Å². The SMILES string of the molecule is Cc1cc(CCC#N)cc(C)c1Oc1ccnc(N(C)c2ccc(C#N)cc2)n1. The summed E-state index contributed by atoms with van der Waals surface area (Å²) in [6.07, 6.45) is 2.88. The van der Waals surface area contributed by atoms with Gasteiger partial charge in [-0.05, 0) is 61.2 Å². The number of hydrogen-bond acceptors (Lipinski definition) is 6. The number of aryl methyl sites for hydroxylation is 3.